The van der Waals surface area contributed by atoms with Gasteiger partial charge in [-0.25, -0.2) is 0 Å². The summed E-state index contributed by atoms with van der Waals surface area (Å²) in [5.41, 5.74) is 23.6. The topological polar surface area (TPSA) is 106 Å². The molecule has 0 aliphatic carbocycles. The van der Waals surface area contributed by atoms with Crippen LogP contribution in [0.15, 0.2) is 176 Å². The van der Waals surface area contributed by atoms with Gasteiger partial charge in [0.15, 0.2) is 0 Å². The zero-order chi connectivity index (χ0) is 33.1. The summed E-state index contributed by atoms with van der Waals surface area (Å²) < 4.78 is 17.6. The first-order valence-corrected chi connectivity index (χ1v) is 15.4. The van der Waals surface area contributed by atoms with Gasteiger partial charge in [-0.1, -0.05) is 72.8 Å². The number of nitrogens with two attached hydrogens (primary N) is 3. The van der Waals surface area contributed by atoms with Gasteiger partial charge in [-0.15, -0.1) is 0 Å². The molecule has 6 N–H and O–H groups in total. The Bertz CT molecular complexity index is 1940. The summed E-state index contributed by atoms with van der Waals surface area (Å²) in [6.45, 7) is 0. The Balaban J connectivity index is 0.000000177. The van der Waals surface area contributed by atoms with E-state index in [1.165, 1.54) is 0 Å². The number of rotatable bonds is 8. The van der Waals surface area contributed by atoms with Crippen molar-refractivity contribution in [2.75, 3.05) is 17.2 Å². The van der Waals surface area contributed by atoms with Crippen molar-refractivity contribution in [3.8, 4) is 56.8 Å². The monoisotopic (exact) mass is 629 g/mol. The van der Waals surface area contributed by atoms with Crippen LogP contribution in [0.2, 0.25) is 0 Å². The van der Waals surface area contributed by atoms with Crippen LogP contribution in [-0.2, 0) is 0 Å². The molecule has 6 nitrogen and oxygen atoms in total. The Morgan fingerprint density at radius 1 is 0.271 bits per heavy atom. The van der Waals surface area contributed by atoms with Gasteiger partial charge in [-0.3, -0.25) is 0 Å². The molecule has 0 aromatic heterocycles. The number of para-hydroxylation sites is 1. The van der Waals surface area contributed by atoms with Gasteiger partial charge in [0.1, 0.15) is 34.5 Å². The maximum Gasteiger partial charge on any atom is 0.135 e. The molecule has 0 aliphatic rings. The third-order valence-corrected chi connectivity index (χ3v) is 7.35. The van der Waals surface area contributed by atoms with E-state index in [2.05, 4.69) is 18.2 Å². The molecule has 236 valence electrons. The number of ether oxygens (including phenoxy) is 3. The average Bonchev–Trinajstić information content (AvgIpc) is 3.13. The molecule has 0 fully saturated rings. The molecular weight excluding hydrogens is 594 g/mol. The van der Waals surface area contributed by atoms with Crippen molar-refractivity contribution in [3.05, 3.63) is 176 Å². The van der Waals surface area contributed by atoms with Gasteiger partial charge in [0.25, 0.3) is 0 Å². The fourth-order valence-electron chi connectivity index (χ4n) is 4.85. The van der Waals surface area contributed by atoms with Crippen LogP contribution in [0, 0.1) is 0 Å². The minimum absolute atomic E-state index is 0.714. The molecule has 48 heavy (non-hydrogen) atoms. The first kappa shape index (κ1) is 31.3. The molecule has 7 aromatic carbocycles. The van der Waals surface area contributed by atoms with Crippen molar-refractivity contribution >= 4 is 17.1 Å². The lowest BCUT2D eigenvalue weighted by Crippen LogP contribution is -1.89. The fourth-order valence-corrected chi connectivity index (χ4v) is 4.85. The van der Waals surface area contributed by atoms with Crippen LogP contribution in [-0.4, -0.2) is 0 Å². The number of hydrogen-bond acceptors (Lipinski definition) is 6. The maximum atomic E-state index is 5.96. The second-order valence-electron chi connectivity index (χ2n) is 10.9. The Morgan fingerprint density at radius 3 is 1.02 bits per heavy atom. The highest BCUT2D eigenvalue weighted by molar-refractivity contribution is 5.71. The average molecular weight is 630 g/mol. The molecule has 7 rings (SSSR count). The lowest BCUT2D eigenvalue weighted by molar-refractivity contribution is 0.482. The molecule has 0 unspecified atom stereocenters. The SMILES string of the molecule is Nc1ccc(Oc2ccc(-c3ccc(Oc4ccc(N)cc4)cc3)cc2)cc1.Nc1ccc(Oc2ccccc2-c2ccccc2)cc1. The van der Waals surface area contributed by atoms with E-state index in [9.17, 15) is 0 Å². The minimum Gasteiger partial charge on any atom is -0.457 e. The first-order valence-electron chi connectivity index (χ1n) is 15.4. The molecule has 0 atom stereocenters. The van der Waals surface area contributed by atoms with Crippen LogP contribution in [0.1, 0.15) is 0 Å². The van der Waals surface area contributed by atoms with E-state index in [0.29, 0.717) is 11.4 Å². The highest BCUT2D eigenvalue weighted by Gasteiger charge is 2.07. The smallest absolute Gasteiger partial charge is 0.135 e. The van der Waals surface area contributed by atoms with Crippen molar-refractivity contribution in [2.45, 2.75) is 0 Å². The summed E-state index contributed by atoms with van der Waals surface area (Å²) in [6, 6.07) is 56.2. The van der Waals surface area contributed by atoms with Crippen LogP contribution in [0.4, 0.5) is 17.1 Å². The number of benzene rings is 7. The van der Waals surface area contributed by atoms with Gasteiger partial charge in [0.05, 0.1) is 0 Å². The quantitative estimate of drug-likeness (QED) is 0.144. The zero-order valence-corrected chi connectivity index (χ0v) is 26.2. The molecule has 6 heteroatoms. The van der Waals surface area contributed by atoms with Crippen LogP contribution in [0.5, 0.6) is 34.5 Å². The van der Waals surface area contributed by atoms with Gasteiger partial charge >= 0.3 is 0 Å². The third-order valence-electron chi connectivity index (χ3n) is 7.35. The molecule has 7 aromatic rings. The molecule has 0 saturated carbocycles. The van der Waals surface area contributed by atoms with Gasteiger partial charge in [-0.05, 0) is 120 Å². The molecule has 0 bridgehead atoms. The summed E-state index contributed by atoms with van der Waals surface area (Å²) in [7, 11) is 0. The summed E-state index contributed by atoms with van der Waals surface area (Å²) in [5, 5.41) is 0. The van der Waals surface area contributed by atoms with Crippen molar-refractivity contribution < 1.29 is 14.2 Å². The highest BCUT2D eigenvalue weighted by Crippen LogP contribution is 2.33. The molecule has 0 heterocycles. The predicted molar refractivity (Wildman–Crippen MR) is 197 cm³/mol. The van der Waals surface area contributed by atoms with Gasteiger partial charge < -0.3 is 31.4 Å². The first-order chi connectivity index (χ1) is 23.5. The standard InChI is InChI=1S/C24H20N2O2.C18H15NO/c25-19-5-13-23(14-6-19)27-21-9-1-17(2-10-21)18-3-11-22(12-4-18)28-24-15-7-20(26)8-16-24;19-15-10-12-16(13-11-15)20-18-9-5-4-8-17(18)14-6-2-1-3-7-14/h1-16H,25-26H2;1-13H,19H2. The van der Waals surface area contributed by atoms with Crippen molar-refractivity contribution in [3.63, 3.8) is 0 Å². The second-order valence-corrected chi connectivity index (χ2v) is 10.9. The normalized spacial score (nSPS) is 10.3. The van der Waals surface area contributed by atoms with E-state index in [4.69, 9.17) is 31.4 Å². The van der Waals surface area contributed by atoms with Crippen LogP contribution >= 0.6 is 0 Å². The second kappa shape index (κ2) is 15.1. The molecule has 0 radical (unpaired) electrons. The minimum atomic E-state index is 0.714. The van der Waals surface area contributed by atoms with Crippen molar-refractivity contribution in [2.24, 2.45) is 0 Å². The Hall–Kier alpha value is -6.66. The van der Waals surface area contributed by atoms with E-state index >= 15 is 0 Å². The summed E-state index contributed by atoms with van der Waals surface area (Å²) in [4.78, 5) is 0. The third kappa shape index (κ3) is 8.53. The molecular formula is C42H35N3O3. The predicted octanol–water partition coefficient (Wildman–Crippen LogP) is 10.8. The summed E-state index contributed by atoms with van der Waals surface area (Å²) in [6.07, 6.45) is 0. The van der Waals surface area contributed by atoms with Crippen LogP contribution in [0.25, 0.3) is 22.3 Å². The Kier molecular flexibility index (Phi) is 9.84. The number of hydrogen-bond donors (Lipinski definition) is 3. The van der Waals surface area contributed by atoms with Crippen LogP contribution in [0.3, 0.4) is 0 Å². The molecule has 0 aliphatic heterocycles. The Labute approximate surface area is 280 Å². The molecule has 0 saturated heterocycles. The fraction of sp³-hybridized carbons (Fsp3) is 0. The van der Waals surface area contributed by atoms with Gasteiger partial charge in [0.2, 0.25) is 0 Å². The number of anilines is 3. The zero-order valence-electron chi connectivity index (χ0n) is 26.2. The lowest BCUT2D eigenvalue weighted by Gasteiger charge is -2.11. The maximum absolute atomic E-state index is 5.96. The molecule has 0 amide bonds. The highest BCUT2D eigenvalue weighted by atomic mass is 16.5. The molecule has 0 spiro atoms. The van der Waals surface area contributed by atoms with E-state index < -0.39 is 0 Å². The van der Waals surface area contributed by atoms with Crippen molar-refractivity contribution in [1.82, 2.24) is 0 Å². The van der Waals surface area contributed by atoms with Crippen LogP contribution < -0.4 is 31.4 Å². The van der Waals surface area contributed by atoms with E-state index in [-0.39, 0.29) is 0 Å². The van der Waals surface area contributed by atoms with E-state index in [1.807, 2.05) is 158 Å². The van der Waals surface area contributed by atoms with Gasteiger partial charge in [0, 0.05) is 22.6 Å². The number of nitrogen functional groups attached to an aromatic ring is 3. The van der Waals surface area contributed by atoms with Crippen molar-refractivity contribution in [1.29, 1.82) is 0 Å². The van der Waals surface area contributed by atoms with E-state index in [0.717, 1.165) is 62.4 Å². The largest absolute Gasteiger partial charge is 0.457 e. The lowest BCUT2D eigenvalue weighted by atomic mass is 10.1. The Morgan fingerprint density at radius 2 is 0.604 bits per heavy atom. The van der Waals surface area contributed by atoms with E-state index in [1.54, 1.807) is 0 Å². The summed E-state index contributed by atoms with van der Waals surface area (Å²) in [5.74, 6) is 4.68. The summed E-state index contributed by atoms with van der Waals surface area (Å²) >= 11 is 0. The van der Waals surface area contributed by atoms with Gasteiger partial charge in [-0.2, -0.15) is 0 Å².